The molecule has 0 amide bonds. The first-order chi connectivity index (χ1) is 9.90. The molecule has 0 spiro atoms. The monoisotopic (exact) mass is 270 g/mol. The highest BCUT2D eigenvalue weighted by Crippen LogP contribution is 2.33. The van der Waals surface area contributed by atoms with E-state index in [1.54, 1.807) is 11.0 Å². The van der Waals surface area contributed by atoms with Crippen LogP contribution in [-0.4, -0.2) is 44.9 Å². The Hall–Kier alpha value is -1.88. The average Bonchev–Trinajstić information content (AvgIpc) is 2.96. The van der Waals surface area contributed by atoms with Crippen molar-refractivity contribution < 1.29 is 4.74 Å². The molecular formula is C15H18N4O. The van der Waals surface area contributed by atoms with E-state index in [9.17, 15) is 0 Å². The smallest absolute Gasteiger partial charge is 0.138 e. The Labute approximate surface area is 118 Å². The van der Waals surface area contributed by atoms with Crippen LogP contribution in [-0.2, 0) is 0 Å². The van der Waals surface area contributed by atoms with Gasteiger partial charge in [-0.2, -0.15) is 5.10 Å². The average molecular weight is 270 g/mol. The lowest BCUT2D eigenvalue weighted by Crippen LogP contribution is -2.29. The molecule has 0 N–H and O–H groups in total. The van der Waals surface area contributed by atoms with Crippen LogP contribution in [0, 0.1) is 0 Å². The van der Waals surface area contributed by atoms with Gasteiger partial charge in [-0.25, -0.2) is 9.67 Å². The fraction of sp³-hybridized carbons (Fsp3) is 0.467. The Kier molecular flexibility index (Phi) is 2.92. The van der Waals surface area contributed by atoms with Gasteiger partial charge in [0.25, 0.3) is 0 Å². The molecule has 2 atom stereocenters. The summed E-state index contributed by atoms with van der Waals surface area (Å²) in [5, 5.41) is 4.10. The molecule has 5 heteroatoms. The third-order valence-corrected chi connectivity index (χ3v) is 4.26. The van der Waals surface area contributed by atoms with E-state index < -0.39 is 0 Å². The molecule has 2 unspecified atom stereocenters. The summed E-state index contributed by atoms with van der Waals surface area (Å²) >= 11 is 0. The summed E-state index contributed by atoms with van der Waals surface area (Å²) in [5.74, 6) is 0.925. The standard InChI is InChI=1S/C15H18N4O/c1-2-12(3-1)18-8-14(18)9-20-15-6-4-13(5-7-15)19-11-16-10-17-19/h4-7,10-12,14H,1-3,8-9H2. The van der Waals surface area contributed by atoms with Gasteiger partial charge in [-0.05, 0) is 37.1 Å². The van der Waals surface area contributed by atoms with Crippen LogP contribution in [0.4, 0.5) is 0 Å². The van der Waals surface area contributed by atoms with Gasteiger partial charge in [0.1, 0.15) is 25.0 Å². The minimum atomic E-state index is 0.635. The van der Waals surface area contributed by atoms with E-state index in [-0.39, 0.29) is 0 Å². The van der Waals surface area contributed by atoms with Crippen LogP contribution >= 0.6 is 0 Å². The van der Waals surface area contributed by atoms with Gasteiger partial charge in [0, 0.05) is 12.6 Å². The molecule has 0 radical (unpaired) electrons. The molecular weight excluding hydrogens is 252 g/mol. The van der Waals surface area contributed by atoms with Crippen LogP contribution in [0.5, 0.6) is 5.75 Å². The van der Waals surface area contributed by atoms with Crippen LogP contribution < -0.4 is 4.74 Å². The van der Waals surface area contributed by atoms with E-state index in [1.807, 2.05) is 24.3 Å². The molecule has 2 aliphatic rings. The predicted molar refractivity (Wildman–Crippen MR) is 75.0 cm³/mol. The molecule has 5 nitrogen and oxygen atoms in total. The molecule has 104 valence electrons. The number of ether oxygens (including phenoxy) is 1. The van der Waals surface area contributed by atoms with E-state index >= 15 is 0 Å². The number of benzene rings is 1. The maximum Gasteiger partial charge on any atom is 0.138 e. The number of hydrogen-bond acceptors (Lipinski definition) is 4. The molecule has 1 aliphatic carbocycles. The number of nitrogens with zero attached hydrogens (tertiary/aromatic N) is 4. The van der Waals surface area contributed by atoms with Crippen molar-refractivity contribution in [2.75, 3.05) is 13.2 Å². The highest BCUT2D eigenvalue weighted by atomic mass is 16.5. The number of rotatable bonds is 5. The maximum atomic E-state index is 5.86. The van der Waals surface area contributed by atoms with E-state index in [0.717, 1.165) is 24.1 Å². The van der Waals surface area contributed by atoms with Crippen molar-refractivity contribution in [2.45, 2.75) is 31.3 Å². The largest absolute Gasteiger partial charge is 0.492 e. The van der Waals surface area contributed by atoms with Gasteiger partial charge in [-0.1, -0.05) is 6.42 Å². The van der Waals surface area contributed by atoms with Crippen LogP contribution in [0.3, 0.4) is 0 Å². The third-order valence-electron chi connectivity index (χ3n) is 4.26. The molecule has 1 aromatic carbocycles. The molecule has 0 bridgehead atoms. The zero-order valence-corrected chi connectivity index (χ0v) is 11.4. The first-order valence-corrected chi connectivity index (χ1v) is 7.24. The van der Waals surface area contributed by atoms with Crippen LogP contribution in [0.25, 0.3) is 5.69 Å². The van der Waals surface area contributed by atoms with E-state index in [1.165, 1.54) is 32.1 Å². The second-order valence-electron chi connectivity index (χ2n) is 5.58. The molecule has 2 aromatic rings. The van der Waals surface area contributed by atoms with Gasteiger partial charge in [0.2, 0.25) is 0 Å². The van der Waals surface area contributed by atoms with Crippen molar-refractivity contribution in [2.24, 2.45) is 0 Å². The van der Waals surface area contributed by atoms with Gasteiger partial charge < -0.3 is 4.74 Å². The quantitative estimate of drug-likeness (QED) is 0.778. The number of aromatic nitrogens is 3. The maximum absolute atomic E-state index is 5.86. The Morgan fingerprint density at radius 3 is 2.70 bits per heavy atom. The van der Waals surface area contributed by atoms with E-state index in [2.05, 4.69) is 15.0 Å². The van der Waals surface area contributed by atoms with Crippen molar-refractivity contribution in [1.29, 1.82) is 0 Å². The summed E-state index contributed by atoms with van der Waals surface area (Å²) < 4.78 is 7.60. The van der Waals surface area contributed by atoms with Gasteiger partial charge in [-0.15, -0.1) is 0 Å². The Balaban J connectivity index is 1.31. The molecule has 4 rings (SSSR count). The van der Waals surface area contributed by atoms with Crippen molar-refractivity contribution in [3.63, 3.8) is 0 Å². The second-order valence-corrected chi connectivity index (χ2v) is 5.58. The predicted octanol–water partition coefficient (Wildman–Crippen LogP) is 1.88. The lowest BCUT2D eigenvalue weighted by atomic mass is 9.93. The second kappa shape index (κ2) is 4.90. The molecule has 2 fully saturated rings. The first kappa shape index (κ1) is 11.9. The van der Waals surface area contributed by atoms with Crippen molar-refractivity contribution >= 4 is 0 Å². The molecule has 20 heavy (non-hydrogen) atoms. The summed E-state index contributed by atoms with van der Waals surface area (Å²) in [4.78, 5) is 6.51. The minimum Gasteiger partial charge on any atom is -0.492 e. The molecule has 1 aromatic heterocycles. The lowest BCUT2D eigenvalue weighted by molar-refractivity contribution is 0.215. The summed E-state index contributed by atoms with van der Waals surface area (Å²) in [6.07, 6.45) is 7.38. The zero-order valence-electron chi connectivity index (χ0n) is 11.4. The van der Waals surface area contributed by atoms with E-state index in [0.29, 0.717) is 6.04 Å². The topological polar surface area (TPSA) is 43.0 Å². The van der Waals surface area contributed by atoms with Crippen molar-refractivity contribution in [1.82, 2.24) is 19.7 Å². The minimum absolute atomic E-state index is 0.635. The van der Waals surface area contributed by atoms with E-state index in [4.69, 9.17) is 4.74 Å². The molecule has 1 aliphatic heterocycles. The summed E-state index contributed by atoms with van der Waals surface area (Å²) in [6.45, 7) is 2.01. The van der Waals surface area contributed by atoms with Gasteiger partial charge in [0.15, 0.2) is 0 Å². The molecule has 1 saturated carbocycles. The normalized spacial score (nSPS) is 25.2. The molecule has 2 heterocycles. The highest BCUT2D eigenvalue weighted by Gasteiger charge is 2.42. The summed E-state index contributed by atoms with van der Waals surface area (Å²) in [7, 11) is 0. The Bertz CT molecular complexity index is 562. The fourth-order valence-corrected chi connectivity index (χ4v) is 2.74. The summed E-state index contributed by atoms with van der Waals surface area (Å²) in [6, 6.07) is 9.47. The zero-order chi connectivity index (χ0) is 13.4. The molecule has 1 saturated heterocycles. The van der Waals surface area contributed by atoms with Crippen LogP contribution in [0.1, 0.15) is 19.3 Å². The SMILES string of the molecule is c1ncn(-c2ccc(OCC3CN3C3CCC3)cc2)n1. The van der Waals surface area contributed by atoms with Crippen molar-refractivity contribution in [3.05, 3.63) is 36.9 Å². The fourth-order valence-electron chi connectivity index (χ4n) is 2.74. The van der Waals surface area contributed by atoms with Gasteiger partial charge in [0.05, 0.1) is 11.7 Å². The Morgan fingerprint density at radius 1 is 1.20 bits per heavy atom. The lowest BCUT2D eigenvalue weighted by Gasteiger charge is -2.27. The highest BCUT2D eigenvalue weighted by molar-refractivity contribution is 5.36. The van der Waals surface area contributed by atoms with Crippen LogP contribution in [0.2, 0.25) is 0 Å². The Morgan fingerprint density at radius 2 is 2.05 bits per heavy atom. The third kappa shape index (κ3) is 2.29. The van der Waals surface area contributed by atoms with Gasteiger partial charge >= 0.3 is 0 Å². The number of hydrogen-bond donors (Lipinski definition) is 0. The van der Waals surface area contributed by atoms with Gasteiger partial charge in [-0.3, -0.25) is 4.90 Å². The van der Waals surface area contributed by atoms with Crippen LogP contribution in [0.15, 0.2) is 36.9 Å². The summed E-state index contributed by atoms with van der Waals surface area (Å²) in [5.41, 5.74) is 0.998. The van der Waals surface area contributed by atoms with Crippen molar-refractivity contribution in [3.8, 4) is 11.4 Å². The first-order valence-electron chi connectivity index (χ1n) is 7.24.